The first-order valence-electron chi connectivity index (χ1n) is 5.56. The Morgan fingerprint density at radius 1 is 1.28 bits per heavy atom. The predicted octanol–water partition coefficient (Wildman–Crippen LogP) is 2.57. The van der Waals surface area contributed by atoms with E-state index in [1.165, 1.54) is 0 Å². The third kappa shape index (κ3) is 4.49. The van der Waals surface area contributed by atoms with E-state index in [1.807, 2.05) is 24.3 Å². The molecule has 0 aliphatic carbocycles. The first-order chi connectivity index (χ1) is 8.31. The Morgan fingerprint density at radius 2 is 1.83 bits per heavy atom. The van der Waals surface area contributed by atoms with E-state index in [2.05, 4.69) is 21.2 Å². The van der Waals surface area contributed by atoms with Crippen LogP contribution in [0.5, 0.6) is 0 Å². The Morgan fingerprint density at radius 3 is 2.33 bits per heavy atom. The number of hydrogen-bond donors (Lipinski definition) is 2. The van der Waals surface area contributed by atoms with E-state index in [9.17, 15) is 9.59 Å². The minimum atomic E-state index is -0.973. The van der Waals surface area contributed by atoms with Crippen molar-refractivity contribution in [1.29, 1.82) is 0 Å². The lowest BCUT2D eigenvalue weighted by Gasteiger charge is -2.21. The molecule has 18 heavy (non-hydrogen) atoms. The SMILES string of the molecule is CC(C)(CC(=O)O)C(=O)NCc1ccc(Br)cc1. The van der Waals surface area contributed by atoms with Crippen LogP contribution in [0.2, 0.25) is 0 Å². The van der Waals surface area contributed by atoms with E-state index in [-0.39, 0.29) is 12.3 Å². The smallest absolute Gasteiger partial charge is 0.304 e. The van der Waals surface area contributed by atoms with Gasteiger partial charge in [0.15, 0.2) is 0 Å². The fourth-order valence-electron chi connectivity index (χ4n) is 1.48. The zero-order valence-electron chi connectivity index (χ0n) is 10.4. The molecular weight excluding hydrogens is 298 g/mol. The van der Waals surface area contributed by atoms with Crippen LogP contribution in [0, 0.1) is 5.41 Å². The summed E-state index contributed by atoms with van der Waals surface area (Å²) >= 11 is 3.33. The van der Waals surface area contributed by atoms with Crippen molar-refractivity contribution < 1.29 is 14.7 Å². The maximum absolute atomic E-state index is 11.9. The second-order valence-electron chi connectivity index (χ2n) is 4.76. The van der Waals surface area contributed by atoms with Crippen LogP contribution in [0.15, 0.2) is 28.7 Å². The molecule has 0 aliphatic heterocycles. The molecular formula is C13H16BrNO3. The van der Waals surface area contributed by atoms with Gasteiger partial charge in [0.2, 0.25) is 5.91 Å². The highest BCUT2D eigenvalue weighted by Crippen LogP contribution is 2.20. The molecule has 98 valence electrons. The Hall–Kier alpha value is -1.36. The van der Waals surface area contributed by atoms with E-state index in [1.54, 1.807) is 13.8 Å². The summed E-state index contributed by atoms with van der Waals surface area (Å²) in [7, 11) is 0. The molecule has 0 fully saturated rings. The zero-order chi connectivity index (χ0) is 13.8. The fourth-order valence-corrected chi connectivity index (χ4v) is 1.75. The van der Waals surface area contributed by atoms with Gasteiger partial charge in [0.1, 0.15) is 0 Å². The van der Waals surface area contributed by atoms with E-state index in [0.717, 1.165) is 10.0 Å². The van der Waals surface area contributed by atoms with Crippen LogP contribution in [0.25, 0.3) is 0 Å². The lowest BCUT2D eigenvalue weighted by molar-refractivity contribution is -0.144. The Bertz CT molecular complexity index is 440. The van der Waals surface area contributed by atoms with Crippen molar-refractivity contribution in [3.63, 3.8) is 0 Å². The summed E-state index contributed by atoms with van der Waals surface area (Å²) in [4.78, 5) is 22.5. The van der Waals surface area contributed by atoms with Crippen LogP contribution in [-0.2, 0) is 16.1 Å². The van der Waals surface area contributed by atoms with E-state index >= 15 is 0 Å². The number of rotatable bonds is 5. The van der Waals surface area contributed by atoms with Crippen molar-refractivity contribution in [3.8, 4) is 0 Å². The van der Waals surface area contributed by atoms with Crippen molar-refractivity contribution in [2.24, 2.45) is 5.41 Å². The van der Waals surface area contributed by atoms with E-state index in [0.29, 0.717) is 6.54 Å². The largest absolute Gasteiger partial charge is 0.481 e. The number of halogens is 1. The molecule has 2 N–H and O–H groups in total. The molecule has 0 aromatic heterocycles. The highest BCUT2D eigenvalue weighted by atomic mass is 79.9. The van der Waals surface area contributed by atoms with Gasteiger partial charge in [-0.05, 0) is 17.7 Å². The van der Waals surface area contributed by atoms with Gasteiger partial charge >= 0.3 is 5.97 Å². The fraction of sp³-hybridized carbons (Fsp3) is 0.385. The molecule has 0 bridgehead atoms. The van der Waals surface area contributed by atoms with Crippen LogP contribution in [0.1, 0.15) is 25.8 Å². The number of carboxylic acid groups (broad SMARTS) is 1. The lowest BCUT2D eigenvalue weighted by atomic mass is 9.88. The van der Waals surface area contributed by atoms with Crippen LogP contribution in [0.3, 0.4) is 0 Å². The van der Waals surface area contributed by atoms with Crippen LogP contribution in [-0.4, -0.2) is 17.0 Å². The standard InChI is InChI=1S/C13H16BrNO3/c1-13(2,7-11(16)17)12(18)15-8-9-3-5-10(14)6-4-9/h3-6H,7-8H2,1-2H3,(H,15,18)(H,16,17). The van der Waals surface area contributed by atoms with Gasteiger partial charge in [-0.25, -0.2) is 0 Å². The molecule has 1 rings (SSSR count). The summed E-state index contributed by atoms with van der Waals surface area (Å²) < 4.78 is 0.976. The maximum Gasteiger partial charge on any atom is 0.304 e. The predicted molar refractivity (Wildman–Crippen MR) is 72.0 cm³/mol. The summed E-state index contributed by atoms with van der Waals surface area (Å²) in [6.45, 7) is 3.64. The summed E-state index contributed by atoms with van der Waals surface area (Å²) in [5, 5.41) is 11.5. The summed E-state index contributed by atoms with van der Waals surface area (Å²) in [5.74, 6) is -1.23. The Labute approximate surface area is 115 Å². The molecule has 4 nitrogen and oxygen atoms in total. The van der Waals surface area contributed by atoms with Crippen molar-refractivity contribution in [2.75, 3.05) is 0 Å². The molecule has 1 amide bonds. The first kappa shape index (κ1) is 14.7. The molecule has 0 spiro atoms. The maximum atomic E-state index is 11.9. The van der Waals surface area contributed by atoms with Gasteiger partial charge in [0.05, 0.1) is 11.8 Å². The van der Waals surface area contributed by atoms with Crippen molar-refractivity contribution in [1.82, 2.24) is 5.32 Å². The van der Waals surface area contributed by atoms with E-state index < -0.39 is 11.4 Å². The highest BCUT2D eigenvalue weighted by molar-refractivity contribution is 9.10. The number of hydrogen-bond acceptors (Lipinski definition) is 2. The number of carboxylic acids is 1. The topological polar surface area (TPSA) is 66.4 Å². The lowest BCUT2D eigenvalue weighted by Crippen LogP contribution is -2.37. The van der Waals surface area contributed by atoms with Gasteiger partial charge in [0.25, 0.3) is 0 Å². The van der Waals surface area contributed by atoms with Crippen LogP contribution >= 0.6 is 15.9 Å². The van der Waals surface area contributed by atoms with Crippen LogP contribution in [0.4, 0.5) is 0 Å². The zero-order valence-corrected chi connectivity index (χ0v) is 12.0. The number of carbonyl (C=O) groups is 2. The molecule has 0 saturated carbocycles. The molecule has 0 saturated heterocycles. The average molecular weight is 314 g/mol. The Balaban J connectivity index is 2.55. The number of benzene rings is 1. The highest BCUT2D eigenvalue weighted by Gasteiger charge is 2.30. The summed E-state index contributed by atoms with van der Waals surface area (Å²) in [6.07, 6.45) is -0.181. The van der Waals surface area contributed by atoms with Crippen molar-refractivity contribution in [2.45, 2.75) is 26.8 Å². The third-order valence-electron chi connectivity index (χ3n) is 2.57. The van der Waals surface area contributed by atoms with Gasteiger partial charge in [-0.15, -0.1) is 0 Å². The van der Waals surface area contributed by atoms with E-state index in [4.69, 9.17) is 5.11 Å². The first-order valence-corrected chi connectivity index (χ1v) is 6.35. The minimum absolute atomic E-state index is 0.181. The van der Waals surface area contributed by atoms with Gasteiger partial charge < -0.3 is 10.4 Å². The molecule has 5 heteroatoms. The third-order valence-corrected chi connectivity index (χ3v) is 3.10. The summed E-state index contributed by atoms with van der Waals surface area (Å²) in [5.41, 5.74) is 0.0685. The number of nitrogens with one attached hydrogen (secondary N) is 1. The average Bonchev–Trinajstić information content (AvgIpc) is 2.26. The molecule has 0 radical (unpaired) electrons. The van der Waals surface area contributed by atoms with Crippen molar-refractivity contribution >= 4 is 27.8 Å². The van der Waals surface area contributed by atoms with Crippen LogP contribution < -0.4 is 5.32 Å². The van der Waals surface area contributed by atoms with Gasteiger partial charge in [0, 0.05) is 11.0 Å². The van der Waals surface area contributed by atoms with Gasteiger partial charge in [-0.1, -0.05) is 41.9 Å². The quantitative estimate of drug-likeness (QED) is 0.878. The van der Waals surface area contributed by atoms with Gasteiger partial charge in [-0.2, -0.15) is 0 Å². The summed E-state index contributed by atoms with van der Waals surface area (Å²) in [6, 6.07) is 7.58. The van der Waals surface area contributed by atoms with Gasteiger partial charge in [-0.3, -0.25) is 9.59 Å². The monoisotopic (exact) mass is 313 g/mol. The number of amides is 1. The number of aliphatic carboxylic acids is 1. The molecule has 0 aliphatic rings. The second kappa shape index (κ2) is 6.00. The normalized spacial score (nSPS) is 11.1. The molecule has 1 aromatic rings. The molecule has 1 aromatic carbocycles. The van der Waals surface area contributed by atoms with Crippen molar-refractivity contribution in [3.05, 3.63) is 34.3 Å². The number of carbonyl (C=O) groups excluding carboxylic acids is 1. The molecule has 0 heterocycles. The second-order valence-corrected chi connectivity index (χ2v) is 5.68. The Kier molecular flexibility index (Phi) is 4.90. The molecule has 0 unspecified atom stereocenters. The minimum Gasteiger partial charge on any atom is -0.481 e. The molecule has 0 atom stereocenters.